The second kappa shape index (κ2) is 4.91. The van der Waals surface area contributed by atoms with E-state index in [2.05, 4.69) is 4.98 Å². The van der Waals surface area contributed by atoms with Crippen LogP contribution in [0.1, 0.15) is 16.1 Å². The fourth-order valence-electron chi connectivity index (χ4n) is 1.63. The smallest absolute Gasteiger partial charge is 0.187 e. The molecular formula is C13H10F2N2O. The molecule has 0 aliphatic rings. The molecule has 0 amide bonds. The summed E-state index contributed by atoms with van der Waals surface area (Å²) in [6, 6.07) is 6.13. The molecule has 2 aromatic rings. The van der Waals surface area contributed by atoms with Gasteiger partial charge in [-0.2, -0.15) is 0 Å². The Morgan fingerprint density at radius 2 is 1.89 bits per heavy atom. The van der Waals surface area contributed by atoms with E-state index in [1.807, 2.05) is 0 Å². The van der Waals surface area contributed by atoms with Crippen LogP contribution in [0, 0.1) is 11.6 Å². The quantitative estimate of drug-likeness (QED) is 0.848. The number of hydrogen-bond donors (Lipinski definition) is 1. The second-order valence-electron chi connectivity index (χ2n) is 3.82. The number of aromatic nitrogens is 1. The number of Topliss-reactive ketones (excluding diaryl/α,β-unsaturated/α-hetero) is 1. The minimum Gasteiger partial charge on any atom is -0.397 e. The Hall–Kier alpha value is -2.30. The number of carbonyl (C=O) groups is 1. The summed E-state index contributed by atoms with van der Waals surface area (Å²) in [6.07, 6.45) is 1.30. The Labute approximate surface area is 102 Å². The molecule has 5 heteroatoms. The number of halogens is 2. The molecule has 18 heavy (non-hydrogen) atoms. The predicted octanol–water partition coefficient (Wildman–Crippen LogP) is 2.37. The van der Waals surface area contributed by atoms with Crippen molar-refractivity contribution in [2.24, 2.45) is 0 Å². The van der Waals surface area contributed by atoms with Gasteiger partial charge in [0.2, 0.25) is 0 Å². The van der Waals surface area contributed by atoms with E-state index in [1.54, 1.807) is 12.1 Å². The molecule has 2 rings (SSSR count). The number of rotatable bonds is 3. The molecule has 1 aromatic heterocycles. The van der Waals surface area contributed by atoms with Gasteiger partial charge in [-0.05, 0) is 29.8 Å². The van der Waals surface area contributed by atoms with Crippen molar-refractivity contribution in [3.05, 3.63) is 59.4 Å². The van der Waals surface area contributed by atoms with E-state index in [9.17, 15) is 13.6 Å². The number of carbonyl (C=O) groups excluding carboxylic acids is 1. The fraction of sp³-hybridized carbons (Fsp3) is 0.0769. The minimum atomic E-state index is -0.716. The van der Waals surface area contributed by atoms with E-state index < -0.39 is 11.6 Å². The highest BCUT2D eigenvalue weighted by atomic mass is 19.1. The number of nitrogens with zero attached hydrogens (tertiary/aromatic N) is 1. The zero-order chi connectivity index (χ0) is 13.1. The summed E-state index contributed by atoms with van der Waals surface area (Å²) >= 11 is 0. The fourth-order valence-corrected chi connectivity index (χ4v) is 1.63. The molecule has 0 aliphatic heterocycles. The molecule has 0 unspecified atom stereocenters. The van der Waals surface area contributed by atoms with Crippen LogP contribution in [0.4, 0.5) is 14.5 Å². The van der Waals surface area contributed by atoms with Crippen molar-refractivity contribution in [1.29, 1.82) is 0 Å². The van der Waals surface area contributed by atoms with Crippen LogP contribution < -0.4 is 5.73 Å². The Balaban J connectivity index is 2.24. The zero-order valence-electron chi connectivity index (χ0n) is 9.36. The highest BCUT2D eigenvalue weighted by Gasteiger charge is 2.12. The molecule has 0 aliphatic carbocycles. The van der Waals surface area contributed by atoms with Crippen molar-refractivity contribution in [3.63, 3.8) is 0 Å². The van der Waals surface area contributed by atoms with Crippen LogP contribution >= 0.6 is 0 Å². The molecule has 0 saturated carbocycles. The van der Waals surface area contributed by atoms with Gasteiger partial charge in [0.1, 0.15) is 17.3 Å². The topological polar surface area (TPSA) is 56.0 Å². The van der Waals surface area contributed by atoms with Crippen LogP contribution in [-0.2, 0) is 6.42 Å². The second-order valence-corrected chi connectivity index (χ2v) is 3.82. The molecule has 1 heterocycles. The van der Waals surface area contributed by atoms with Gasteiger partial charge >= 0.3 is 0 Å². The Bertz CT molecular complexity index is 579. The summed E-state index contributed by atoms with van der Waals surface area (Å²) in [4.78, 5) is 15.7. The van der Waals surface area contributed by atoms with Crippen LogP contribution in [0.2, 0.25) is 0 Å². The van der Waals surface area contributed by atoms with E-state index in [0.717, 1.165) is 18.2 Å². The van der Waals surface area contributed by atoms with Crippen molar-refractivity contribution >= 4 is 11.5 Å². The average Bonchev–Trinajstić information content (AvgIpc) is 2.27. The first-order chi connectivity index (χ1) is 8.56. The Morgan fingerprint density at radius 3 is 2.50 bits per heavy atom. The maximum Gasteiger partial charge on any atom is 0.187 e. The number of hydrogen-bond acceptors (Lipinski definition) is 3. The van der Waals surface area contributed by atoms with Crippen LogP contribution in [0.25, 0.3) is 0 Å². The summed E-state index contributed by atoms with van der Waals surface area (Å²) in [7, 11) is 0. The van der Waals surface area contributed by atoms with Crippen molar-refractivity contribution in [3.8, 4) is 0 Å². The maximum absolute atomic E-state index is 13.0. The maximum atomic E-state index is 13.0. The highest BCUT2D eigenvalue weighted by molar-refractivity contribution is 5.99. The zero-order valence-corrected chi connectivity index (χ0v) is 9.36. The average molecular weight is 248 g/mol. The van der Waals surface area contributed by atoms with Crippen molar-refractivity contribution in [1.82, 2.24) is 4.98 Å². The number of benzene rings is 1. The molecule has 0 spiro atoms. The van der Waals surface area contributed by atoms with Gasteiger partial charge in [0, 0.05) is 18.7 Å². The van der Waals surface area contributed by atoms with E-state index in [4.69, 9.17) is 5.73 Å². The SMILES string of the molecule is Nc1cccnc1C(=O)Cc1cc(F)cc(F)c1. The molecule has 0 radical (unpaired) electrons. The summed E-state index contributed by atoms with van der Waals surface area (Å²) in [5.41, 5.74) is 6.22. The normalized spacial score (nSPS) is 10.3. The largest absolute Gasteiger partial charge is 0.397 e. The molecule has 2 N–H and O–H groups in total. The first kappa shape index (κ1) is 12.2. The summed E-state index contributed by atoms with van der Waals surface area (Å²) in [5, 5.41) is 0. The molecular weight excluding hydrogens is 238 g/mol. The number of anilines is 1. The summed E-state index contributed by atoms with van der Waals surface area (Å²) in [5.74, 6) is -1.81. The van der Waals surface area contributed by atoms with Crippen LogP contribution in [0.5, 0.6) is 0 Å². The third-order valence-corrected chi connectivity index (χ3v) is 2.39. The lowest BCUT2D eigenvalue weighted by molar-refractivity contribution is 0.0989. The third-order valence-electron chi connectivity index (χ3n) is 2.39. The van der Waals surface area contributed by atoms with Gasteiger partial charge in [0.05, 0.1) is 5.69 Å². The summed E-state index contributed by atoms with van der Waals surface area (Å²) < 4.78 is 25.9. The van der Waals surface area contributed by atoms with Crippen molar-refractivity contribution < 1.29 is 13.6 Å². The van der Waals surface area contributed by atoms with Crippen molar-refractivity contribution in [2.75, 3.05) is 5.73 Å². The van der Waals surface area contributed by atoms with Crippen molar-refractivity contribution in [2.45, 2.75) is 6.42 Å². The molecule has 3 nitrogen and oxygen atoms in total. The Morgan fingerprint density at radius 1 is 1.22 bits per heavy atom. The first-order valence-corrected chi connectivity index (χ1v) is 5.25. The first-order valence-electron chi connectivity index (χ1n) is 5.25. The van der Waals surface area contributed by atoms with E-state index in [1.165, 1.54) is 6.20 Å². The summed E-state index contributed by atoms with van der Waals surface area (Å²) in [6.45, 7) is 0. The van der Waals surface area contributed by atoms with E-state index in [-0.39, 0.29) is 29.1 Å². The molecule has 0 fully saturated rings. The molecule has 0 bridgehead atoms. The predicted molar refractivity (Wildman–Crippen MR) is 63.0 cm³/mol. The van der Waals surface area contributed by atoms with Crippen LogP contribution in [0.15, 0.2) is 36.5 Å². The van der Waals surface area contributed by atoms with Gasteiger partial charge in [-0.1, -0.05) is 0 Å². The standard InChI is InChI=1S/C13H10F2N2O/c14-9-4-8(5-10(15)7-9)6-12(18)13-11(16)2-1-3-17-13/h1-5,7H,6,16H2. The number of nitrogens with two attached hydrogens (primary N) is 1. The number of nitrogen functional groups attached to an aromatic ring is 1. The van der Waals surface area contributed by atoms with Gasteiger partial charge in [-0.15, -0.1) is 0 Å². The van der Waals surface area contributed by atoms with Crippen LogP contribution in [-0.4, -0.2) is 10.8 Å². The lowest BCUT2D eigenvalue weighted by Gasteiger charge is -2.04. The highest BCUT2D eigenvalue weighted by Crippen LogP contribution is 2.13. The van der Waals surface area contributed by atoms with Crippen LogP contribution in [0.3, 0.4) is 0 Å². The monoisotopic (exact) mass is 248 g/mol. The number of pyridine rings is 1. The molecule has 0 atom stereocenters. The number of ketones is 1. The van der Waals surface area contributed by atoms with Gasteiger partial charge in [-0.3, -0.25) is 9.78 Å². The van der Waals surface area contributed by atoms with Gasteiger partial charge in [-0.25, -0.2) is 8.78 Å². The third kappa shape index (κ3) is 2.68. The Kier molecular flexibility index (Phi) is 3.32. The lowest BCUT2D eigenvalue weighted by Crippen LogP contribution is -2.09. The van der Waals surface area contributed by atoms with Gasteiger partial charge in [0.25, 0.3) is 0 Å². The molecule has 92 valence electrons. The molecule has 1 aromatic carbocycles. The van der Waals surface area contributed by atoms with E-state index in [0.29, 0.717) is 0 Å². The minimum absolute atomic E-state index is 0.113. The van der Waals surface area contributed by atoms with Gasteiger partial charge in [0.15, 0.2) is 5.78 Å². The van der Waals surface area contributed by atoms with E-state index >= 15 is 0 Å². The lowest BCUT2D eigenvalue weighted by atomic mass is 10.1. The van der Waals surface area contributed by atoms with Gasteiger partial charge < -0.3 is 5.73 Å². The molecule has 0 saturated heterocycles.